The quantitative estimate of drug-likeness (QED) is 0.740. The van der Waals surface area contributed by atoms with Crippen molar-refractivity contribution in [1.82, 2.24) is 15.1 Å². The van der Waals surface area contributed by atoms with Gasteiger partial charge in [-0.15, -0.1) is 11.6 Å². The molecule has 0 atom stereocenters. The Morgan fingerprint density at radius 3 is 3.00 bits per heavy atom. The molecule has 1 aliphatic rings. The number of rotatable bonds is 4. The number of alkyl halides is 1. The number of halogens is 1. The summed E-state index contributed by atoms with van der Waals surface area (Å²) in [6, 6.07) is 2.58. The lowest BCUT2D eigenvalue weighted by atomic mass is 9.92. The summed E-state index contributed by atoms with van der Waals surface area (Å²) in [5.74, 6) is 0. The van der Waals surface area contributed by atoms with Gasteiger partial charge in [-0.05, 0) is 18.9 Å². The molecule has 72 valence electrons. The third kappa shape index (κ3) is 2.45. The van der Waals surface area contributed by atoms with Crippen LogP contribution in [-0.2, 0) is 6.54 Å². The van der Waals surface area contributed by atoms with Gasteiger partial charge in [0.15, 0.2) is 0 Å². The van der Waals surface area contributed by atoms with Gasteiger partial charge in [-0.2, -0.15) is 5.10 Å². The van der Waals surface area contributed by atoms with Gasteiger partial charge >= 0.3 is 0 Å². The molecule has 0 radical (unpaired) electrons. The van der Waals surface area contributed by atoms with Crippen LogP contribution in [0.3, 0.4) is 0 Å². The van der Waals surface area contributed by atoms with E-state index in [0.717, 1.165) is 25.9 Å². The van der Waals surface area contributed by atoms with Gasteiger partial charge in [-0.3, -0.25) is 4.68 Å². The van der Waals surface area contributed by atoms with Crippen LogP contribution >= 0.6 is 11.6 Å². The number of hydrogen-bond donors (Lipinski definition) is 1. The zero-order valence-electron chi connectivity index (χ0n) is 7.49. The second-order valence-electron chi connectivity index (χ2n) is 3.49. The van der Waals surface area contributed by atoms with Crippen molar-refractivity contribution in [3.8, 4) is 0 Å². The monoisotopic (exact) mass is 199 g/mol. The maximum atomic E-state index is 5.86. The van der Waals surface area contributed by atoms with Crippen molar-refractivity contribution < 1.29 is 0 Å². The summed E-state index contributed by atoms with van der Waals surface area (Å²) < 4.78 is 1.93. The molecule has 1 saturated carbocycles. The van der Waals surface area contributed by atoms with E-state index in [2.05, 4.69) is 10.4 Å². The fourth-order valence-electron chi connectivity index (χ4n) is 1.53. The highest BCUT2D eigenvalue weighted by atomic mass is 35.5. The highest BCUT2D eigenvalue weighted by Gasteiger charge is 2.26. The lowest BCUT2D eigenvalue weighted by Crippen LogP contribution is -2.43. The lowest BCUT2D eigenvalue weighted by Gasteiger charge is -2.31. The molecule has 0 spiro atoms. The summed E-state index contributed by atoms with van der Waals surface area (Å²) in [4.78, 5) is 0. The topological polar surface area (TPSA) is 29.9 Å². The third-order valence-corrected chi connectivity index (χ3v) is 2.77. The molecule has 1 aromatic rings. The Bertz CT molecular complexity index is 241. The van der Waals surface area contributed by atoms with Crippen LogP contribution in [0.2, 0.25) is 0 Å². The van der Waals surface area contributed by atoms with Gasteiger partial charge in [-0.25, -0.2) is 0 Å². The van der Waals surface area contributed by atoms with Gasteiger partial charge in [0.05, 0.1) is 6.54 Å². The zero-order valence-corrected chi connectivity index (χ0v) is 8.24. The predicted molar refractivity (Wildman–Crippen MR) is 52.9 cm³/mol. The highest BCUT2D eigenvalue weighted by Crippen LogP contribution is 2.24. The van der Waals surface area contributed by atoms with Gasteiger partial charge in [0.2, 0.25) is 0 Å². The molecule has 0 unspecified atom stereocenters. The fraction of sp³-hybridized carbons (Fsp3) is 0.667. The van der Waals surface area contributed by atoms with Crippen LogP contribution in [0.4, 0.5) is 0 Å². The van der Waals surface area contributed by atoms with Gasteiger partial charge in [0, 0.05) is 30.4 Å². The molecule has 0 saturated heterocycles. The normalized spacial score (nSPS) is 27.2. The molecule has 0 aliphatic heterocycles. The maximum absolute atomic E-state index is 5.86. The van der Waals surface area contributed by atoms with E-state index in [9.17, 15) is 0 Å². The van der Waals surface area contributed by atoms with Gasteiger partial charge in [-0.1, -0.05) is 0 Å². The Kier molecular flexibility index (Phi) is 2.86. The average molecular weight is 200 g/mol. The van der Waals surface area contributed by atoms with Crippen LogP contribution in [0.25, 0.3) is 0 Å². The smallest absolute Gasteiger partial charge is 0.0534 e. The minimum absolute atomic E-state index is 0.405. The predicted octanol–water partition coefficient (Wildman–Crippen LogP) is 1.24. The SMILES string of the molecule is ClC1CC(NCCn2cccn2)C1. The van der Waals surface area contributed by atoms with Crippen LogP contribution in [0.5, 0.6) is 0 Å². The summed E-state index contributed by atoms with van der Waals surface area (Å²) >= 11 is 5.86. The molecule has 2 rings (SSSR count). The summed E-state index contributed by atoms with van der Waals surface area (Å²) in [7, 11) is 0. The van der Waals surface area contributed by atoms with E-state index in [1.165, 1.54) is 0 Å². The first kappa shape index (κ1) is 9.03. The third-order valence-electron chi connectivity index (χ3n) is 2.41. The van der Waals surface area contributed by atoms with E-state index in [-0.39, 0.29) is 0 Å². The molecule has 4 heteroatoms. The second-order valence-corrected chi connectivity index (χ2v) is 4.11. The summed E-state index contributed by atoms with van der Waals surface area (Å²) in [5.41, 5.74) is 0. The minimum atomic E-state index is 0.405. The zero-order chi connectivity index (χ0) is 9.10. The van der Waals surface area contributed by atoms with Crippen LogP contribution in [0.15, 0.2) is 18.5 Å². The molecule has 3 nitrogen and oxygen atoms in total. The Balaban J connectivity index is 1.59. The average Bonchev–Trinajstić information content (AvgIpc) is 2.53. The molecule has 0 amide bonds. The molecular weight excluding hydrogens is 186 g/mol. The van der Waals surface area contributed by atoms with E-state index in [4.69, 9.17) is 11.6 Å². The summed E-state index contributed by atoms with van der Waals surface area (Å²) in [6.45, 7) is 1.92. The number of aromatic nitrogens is 2. The van der Waals surface area contributed by atoms with E-state index in [1.807, 2.05) is 16.9 Å². The van der Waals surface area contributed by atoms with Crippen molar-refractivity contribution in [3.63, 3.8) is 0 Å². The minimum Gasteiger partial charge on any atom is -0.312 e. The van der Waals surface area contributed by atoms with Gasteiger partial charge in [0.1, 0.15) is 0 Å². The van der Waals surface area contributed by atoms with Gasteiger partial charge < -0.3 is 5.32 Å². The molecule has 1 heterocycles. The molecule has 13 heavy (non-hydrogen) atoms. The lowest BCUT2D eigenvalue weighted by molar-refractivity contribution is 0.339. The van der Waals surface area contributed by atoms with Gasteiger partial charge in [0.25, 0.3) is 0 Å². The largest absolute Gasteiger partial charge is 0.312 e. The second kappa shape index (κ2) is 4.11. The standard InChI is InChI=1S/C9H14ClN3/c10-8-6-9(7-8)11-3-5-13-4-1-2-12-13/h1-2,4,8-9,11H,3,5-7H2. The molecule has 0 aromatic carbocycles. The molecule has 1 aromatic heterocycles. The number of hydrogen-bond acceptors (Lipinski definition) is 2. The first-order valence-corrected chi connectivity index (χ1v) is 5.13. The van der Waals surface area contributed by atoms with Crippen molar-refractivity contribution >= 4 is 11.6 Å². The Morgan fingerprint density at radius 1 is 1.54 bits per heavy atom. The Hall–Kier alpha value is -0.540. The number of nitrogens with one attached hydrogen (secondary N) is 1. The first-order valence-electron chi connectivity index (χ1n) is 4.69. The van der Waals surface area contributed by atoms with Crippen LogP contribution < -0.4 is 5.32 Å². The Labute approximate surface area is 83.1 Å². The van der Waals surface area contributed by atoms with E-state index < -0.39 is 0 Å². The number of nitrogens with zero attached hydrogens (tertiary/aromatic N) is 2. The molecule has 0 bridgehead atoms. The van der Waals surface area contributed by atoms with E-state index in [0.29, 0.717) is 11.4 Å². The van der Waals surface area contributed by atoms with Crippen LogP contribution in [0, 0.1) is 0 Å². The van der Waals surface area contributed by atoms with Crippen LogP contribution in [0.1, 0.15) is 12.8 Å². The maximum Gasteiger partial charge on any atom is 0.0534 e. The molecule has 1 aliphatic carbocycles. The Morgan fingerprint density at radius 2 is 2.38 bits per heavy atom. The van der Waals surface area contributed by atoms with Crippen molar-refractivity contribution in [3.05, 3.63) is 18.5 Å². The first-order chi connectivity index (χ1) is 6.34. The van der Waals surface area contributed by atoms with Crippen molar-refractivity contribution in [2.24, 2.45) is 0 Å². The molecule has 1 N–H and O–H groups in total. The van der Waals surface area contributed by atoms with E-state index >= 15 is 0 Å². The van der Waals surface area contributed by atoms with Crippen molar-refractivity contribution in [2.75, 3.05) is 6.54 Å². The molecule has 1 fully saturated rings. The van der Waals surface area contributed by atoms with Crippen LogP contribution in [-0.4, -0.2) is 27.7 Å². The summed E-state index contributed by atoms with van der Waals surface area (Å²) in [6.07, 6.45) is 6.01. The van der Waals surface area contributed by atoms with Crippen molar-refractivity contribution in [2.45, 2.75) is 30.8 Å². The van der Waals surface area contributed by atoms with Crippen molar-refractivity contribution in [1.29, 1.82) is 0 Å². The fourth-order valence-corrected chi connectivity index (χ4v) is 1.96. The highest BCUT2D eigenvalue weighted by molar-refractivity contribution is 6.21. The molecular formula is C9H14ClN3. The summed E-state index contributed by atoms with van der Waals surface area (Å²) in [5, 5.41) is 7.97. The van der Waals surface area contributed by atoms with E-state index in [1.54, 1.807) is 6.20 Å².